The number of hydrogen-bond acceptors (Lipinski definition) is 0. The van der Waals surface area contributed by atoms with Gasteiger partial charge in [0.1, 0.15) is 0 Å². The van der Waals surface area contributed by atoms with Gasteiger partial charge in [0, 0.05) is 32.6 Å². The van der Waals surface area contributed by atoms with Crippen LogP contribution in [0.2, 0.25) is 0 Å². The number of halogens is 3. The SMILES string of the molecule is CCc1ccc(-[s+]2c3ccc(I)cc3c3c(I)c(I)ccc32)cc1. The van der Waals surface area contributed by atoms with Crippen molar-refractivity contribution in [2.45, 2.75) is 13.3 Å². The molecule has 3 aromatic carbocycles. The van der Waals surface area contributed by atoms with Crippen LogP contribution in [0.1, 0.15) is 12.5 Å². The molecule has 0 nitrogen and oxygen atoms in total. The summed E-state index contributed by atoms with van der Waals surface area (Å²) in [4.78, 5) is 1.42. The van der Waals surface area contributed by atoms with Crippen LogP contribution in [0.15, 0.2) is 54.6 Å². The Morgan fingerprint density at radius 1 is 0.833 bits per heavy atom. The molecule has 4 heteroatoms. The van der Waals surface area contributed by atoms with Crippen LogP contribution >= 0.6 is 78.2 Å². The van der Waals surface area contributed by atoms with Gasteiger partial charge in [0.15, 0.2) is 14.3 Å². The highest BCUT2D eigenvalue weighted by molar-refractivity contribution is 14.1. The van der Waals surface area contributed by atoms with E-state index < -0.39 is 0 Å². The lowest BCUT2D eigenvalue weighted by molar-refractivity contribution is 1.14. The van der Waals surface area contributed by atoms with Gasteiger partial charge in [0.2, 0.25) is 0 Å². The monoisotopic (exact) mass is 667 g/mol. The molecule has 24 heavy (non-hydrogen) atoms. The quantitative estimate of drug-likeness (QED) is 0.150. The first-order valence-electron chi connectivity index (χ1n) is 7.71. The second-order valence-corrected chi connectivity index (χ2v) is 11.1. The molecule has 0 spiro atoms. The summed E-state index contributed by atoms with van der Waals surface area (Å²) >= 11 is 7.39. The molecule has 0 aliphatic heterocycles. The number of benzene rings is 3. The highest BCUT2D eigenvalue weighted by Crippen LogP contribution is 2.50. The van der Waals surface area contributed by atoms with Gasteiger partial charge in [0.25, 0.3) is 0 Å². The van der Waals surface area contributed by atoms with E-state index in [0.717, 1.165) is 6.42 Å². The third kappa shape index (κ3) is 2.91. The second kappa shape index (κ2) is 7.00. The van der Waals surface area contributed by atoms with Crippen LogP contribution in [0, 0.1) is 10.7 Å². The third-order valence-electron chi connectivity index (χ3n) is 4.27. The Hall–Kier alpha value is 0.0700. The summed E-state index contributed by atoms with van der Waals surface area (Å²) in [5.41, 5.74) is 1.40. The molecule has 0 amide bonds. The fraction of sp³-hybridized carbons (Fsp3) is 0.100. The Balaban J connectivity index is 2.14. The van der Waals surface area contributed by atoms with Gasteiger partial charge in [-0.25, -0.2) is 0 Å². The van der Waals surface area contributed by atoms with Crippen LogP contribution < -0.4 is 0 Å². The molecule has 0 bridgehead atoms. The van der Waals surface area contributed by atoms with Crippen molar-refractivity contribution in [1.29, 1.82) is 0 Å². The molecular weight excluding hydrogens is 653 g/mol. The van der Waals surface area contributed by atoms with E-state index in [9.17, 15) is 0 Å². The standard InChI is InChI=1S/C20H14I3S/c1-2-12-3-6-14(7-4-12)24-17-9-5-13(21)11-15(17)19-18(24)10-8-16(22)20(19)23/h3-11H,2H2,1H3/q+1. The van der Waals surface area contributed by atoms with E-state index >= 15 is 0 Å². The first-order chi connectivity index (χ1) is 11.6. The molecular formula is C20H14I3S+. The molecule has 1 heterocycles. The van der Waals surface area contributed by atoms with E-state index in [1.54, 1.807) is 0 Å². The van der Waals surface area contributed by atoms with Crippen molar-refractivity contribution in [3.63, 3.8) is 0 Å². The van der Waals surface area contributed by atoms with Gasteiger partial charge in [0.05, 0.1) is 5.39 Å². The zero-order valence-corrected chi connectivity index (χ0v) is 20.2. The molecule has 120 valence electrons. The minimum Gasteiger partial charge on any atom is -0.0613 e. The summed E-state index contributed by atoms with van der Waals surface area (Å²) in [5.74, 6) is 0. The summed E-state index contributed by atoms with van der Waals surface area (Å²) in [6, 6.07) is 20.7. The summed E-state index contributed by atoms with van der Waals surface area (Å²) in [6.45, 7) is 2.21. The van der Waals surface area contributed by atoms with Crippen molar-refractivity contribution in [2.24, 2.45) is 0 Å². The number of aryl methyl sites for hydroxylation is 1. The minimum absolute atomic E-state index is 0.0109. The van der Waals surface area contributed by atoms with Crippen LogP contribution in [0.4, 0.5) is 0 Å². The lowest BCUT2D eigenvalue weighted by atomic mass is 10.2. The van der Waals surface area contributed by atoms with E-state index in [1.165, 1.54) is 41.3 Å². The van der Waals surface area contributed by atoms with E-state index in [2.05, 4.69) is 129 Å². The number of rotatable bonds is 2. The largest absolute Gasteiger partial charge is 0.188 e. The Labute approximate surface area is 185 Å². The average Bonchev–Trinajstić information content (AvgIpc) is 2.92. The van der Waals surface area contributed by atoms with Crippen molar-refractivity contribution >= 4 is 98.4 Å². The molecule has 1 aromatic heterocycles. The fourth-order valence-corrected chi connectivity index (χ4v) is 7.31. The van der Waals surface area contributed by atoms with Crippen molar-refractivity contribution in [2.75, 3.05) is 0 Å². The van der Waals surface area contributed by atoms with Crippen LogP contribution in [0.5, 0.6) is 0 Å². The Morgan fingerprint density at radius 3 is 2.25 bits per heavy atom. The maximum atomic E-state index is 2.51. The van der Waals surface area contributed by atoms with Crippen LogP contribution in [-0.4, -0.2) is 0 Å². The normalized spacial score (nSPS) is 12.2. The Kier molecular flexibility index (Phi) is 5.10. The summed E-state index contributed by atoms with van der Waals surface area (Å²) in [5, 5.41) is 2.86. The summed E-state index contributed by atoms with van der Waals surface area (Å²) in [6.07, 6.45) is 1.09. The molecule has 4 rings (SSSR count). The molecule has 0 saturated carbocycles. The van der Waals surface area contributed by atoms with E-state index in [0.29, 0.717) is 0 Å². The molecule has 0 aliphatic carbocycles. The van der Waals surface area contributed by atoms with Gasteiger partial charge < -0.3 is 0 Å². The molecule has 0 N–H and O–H groups in total. The molecule has 1 unspecified atom stereocenters. The fourth-order valence-electron chi connectivity index (χ4n) is 3.06. The zero-order valence-electron chi connectivity index (χ0n) is 12.9. The van der Waals surface area contributed by atoms with Gasteiger partial charge in [-0.15, -0.1) is 0 Å². The van der Waals surface area contributed by atoms with E-state index in [1.807, 2.05) is 0 Å². The van der Waals surface area contributed by atoms with Gasteiger partial charge >= 0.3 is 0 Å². The maximum Gasteiger partial charge on any atom is 0.188 e. The molecule has 4 aromatic rings. The second-order valence-electron chi connectivity index (χ2n) is 5.68. The van der Waals surface area contributed by atoms with Crippen LogP contribution in [0.3, 0.4) is 0 Å². The first kappa shape index (κ1) is 17.5. The Bertz CT molecular complexity index is 1060. The molecule has 1 atom stereocenters. The molecule has 0 radical (unpaired) electrons. The van der Waals surface area contributed by atoms with Crippen LogP contribution in [-0.2, 0) is 6.42 Å². The smallest absolute Gasteiger partial charge is 0.0613 e. The van der Waals surface area contributed by atoms with E-state index in [4.69, 9.17) is 0 Å². The lowest BCUT2D eigenvalue weighted by Crippen LogP contribution is -1.80. The number of fused-ring (bicyclic) bond motifs is 3. The highest BCUT2D eigenvalue weighted by Gasteiger charge is 2.26. The van der Waals surface area contributed by atoms with Crippen molar-refractivity contribution < 1.29 is 0 Å². The van der Waals surface area contributed by atoms with Crippen molar-refractivity contribution in [3.05, 3.63) is 70.9 Å². The van der Waals surface area contributed by atoms with Crippen LogP contribution in [0.25, 0.3) is 25.1 Å². The van der Waals surface area contributed by atoms with Gasteiger partial charge in [-0.05, 0) is 116 Å². The first-order valence-corrected chi connectivity index (χ1v) is 12.2. The Morgan fingerprint density at radius 2 is 1.54 bits per heavy atom. The van der Waals surface area contributed by atoms with Gasteiger partial charge in [-0.2, -0.15) is 0 Å². The molecule has 0 aliphatic rings. The van der Waals surface area contributed by atoms with Crippen molar-refractivity contribution in [1.82, 2.24) is 0 Å². The third-order valence-corrected chi connectivity index (χ3v) is 10.3. The maximum absolute atomic E-state index is 2.51. The van der Waals surface area contributed by atoms with Gasteiger partial charge in [-0.3, -0.25) is 0 Å². The van der Waals surface area contributed by atoms with Gasteiger partial charge in [-0.1, -0.05) is 19.1 Å². The molecule has 0 fully saturated rings. The number of hydrogen-bond donors (Lipinski definition) is 0. The summed E-state index contributed by atoms with van der Waals surface area (Å²) < 4.78 is 6.96. The predicted octanol–water partition coefficient (Wildman–Crippen LogP) is 8.11. The number of thiophene rings is 1. The zero-order chi connectivity index (χ0) is 16.8. The van der Waals surface area contributed by atoms with Crippen molar-refractivity contribution in [3.8, 4) is 4.90 Å². The summed E-state index contributed by atoms with van der Waals surface area (Å²) in [7, 11) is 0.0109. The lowest BCUT2D eigenvalue weighted by Gasteiger charge is -1.98. The average molecular weight is 667 g/mol. The van der Waals surface area contributed by atoms with E-state index in [-0.39, 0.29) is 10.5 Å². The minimum atomic E-state index is 0.0109. The molecule has 0 saturated heterocycles. The predicted molar refractivity (Wildman–Crippen MR) is 133 cm³/mol. The highest BCUT2D eigenvalue weighted by atomic mass is 127. The topological polar surface area (TPSA) is 0 Å².